The number of rotatable bonds is 7. The lowest BCUT2D eigenvalue weighted by Crippen LogP contribution is -2.17. The van der Waals surface area contributed by atoms with Gasteiger partial charge in [0, 0.05) is 23.0 Å². The molecule has 10 heteroatoms. The van der Waals surface area contributed by atoms with Gasteiger partial charge in [-0.15, -0.1) is 10.2 Å². The number of aromatic nitrogens is 5. The summed E-state index contributed by atoms with van der Waals surface area (Å²) in [6, 6.07) is 14.6. The van der Waals surface area contributed by atoms with Crippen LogP contribution >= 0.6 is 0 Å². The highest BCUT2D eigenvalue weighted by molar-refractivity contribution is 5.88. The Balaban J connectivity index is 1.52. The van der Waals surface area contributed by atoms with Crippen molar-refractivity contribution in [3.8, 4) is 11.5 Å². The predicted octanol–water partition coefficient (Wildman–Crippen LogP) is 3.87. The summed E-state index contributed by atoms with van der Waals surface area (Å²) >= 11 is 0. The standard InChI is InChI=1S/C25H23N7O3/c1-14-15(2)28-23(34)18-9-8-17(10-19(14)18)29-25-26-11-20(24-32-27-13-35-24)22(31-25)30-21(12-33)16-6-4-3-5-7-16/h3-11,13,21,33H,12H2,1-2H3,(H,28,34)(H2,26,29,30,31)/t21-/m1/s1. The maximum Gasteiger partial charge on any atom is 0.256 e. The average Bonchev–Trinajstić information content (AvgIpc) is 3.41. The van der Waals surface area contributed by atoms with E-state index >= 15 is 0 Å². The zero-order chi connectivity index (χ0) is 24.4. The zero-order valence-corrected chi connectivity index (χ0v) is 19.1. The molecule has 0 aliphatic carbocycles. The van der Waals surface area contributed by atoms with Gasteiger partial charge in [0.25, 0.3) is 11.4 Å². The lowest BCUT2D eigenvalue weighted by molar-refractivity contribution is 0.276. The van der Waals surface area contributed by atoms with Crippen molar-refractivity contribution in [3.05, 3.63) is 88.3 Å². The summed E-state index contributed by atoms with van der Waals surface area (Å²) in [7, 11) is 0. The Bertz CT molecular complexity index is 1530. The molecule has 10 nitrogen and oxygen atoms in total. The second-order valence-electron chi connectivity index (χ2n) is 8.08. The smallest absolute Gasteiger partial charge is 0.256 e. The molecule has 35 heavy (non-hydrogen) atoms. The van der Waals surface area contributed by atoms with Crippen LogP contribution in [0.1, 0.15) is 22.9 Å². The molecule has 0 aliphatic heterocycles. The molecule has 2 aromatic carbocycles. The molecule has 0 saturated carbocycles. The monoisotopic (exact) mass is 469 g/mol. The average molecular weight is 470 g/mol. The van der Waals surface area contributed by atoms with Crippen molar-refractivity contribution in [2.75, 3.05) is 17.2 Å². The quantitative estimate of drug-likeness (QED) is 0.279. The SMILES string of the molecule is Cc1[nH]c(=O)c2ccc(Nc3ncc(-c4nnco4)c(N[C@H](CO)c4ccccc4)n3)cc2c1C. The van der Waals surface area contributed by atoms with Gasteiger partial charge >= 0.3 is 0 Å². The maximum absolute atomic E-state index is 12.3. The van der Waals surface area contributed by atoms with E-state index in [1.54, 1.807) is 18.3 Å². The zero-order valence-electron chi connectivity index (χ0n) is 19.1. The first-order valence-electron chi connectivity index (χ1n) is 11.0. The van der Waals surface area contributed by atoms with Crippen molar-refractivity contribution in [2.45, 2.75) is 19.9 Å². The summed E-state index contributed by atoms with van der Waals surface area (Å²) in [4.78, 5) is 24.2. The number of nitrogens with zero attached hydrogens (tertiary/aromatic N) is 4. The Hall–Kier alpha value is -4.57. The van der Waals surface area contributed by atoms with Crippen LogP contribution in [0.3, 0.4) is 0 Å². The van der Waals surface area contributed by atoms with E-state index in [2.05, 4.69) is 35.8 Å². The minimum Gasteiger partial charge on any atom is -0.423 e. The Morgan fingerprint density at radius 2 is 1.94 bits per heavy atom. The van der Waals surface area contributed by atoms with Crippen molar-refractivity contribution in [1.29, 1.82) is 0 Å². The van der Waals surface area contributed by atoms with Crippen LogP contribution in [-0.4, -0.2) is 36.9 Å². The van der Waals surface area contributed by atoms with Crippen molar-refractivity contribution >= 4 is 28.2 Å². The van der Waals surface area contributed by atoms with Crippen LogP contribution in [0.15, 0.2) is 70.3 Å². The summed E-state index contributed by atoms with van der Waals surface area (Å²) in [5.41, 5.74) is 3.81. The van der Waals surface area contributed by atoms with E-state index in [9.17, 15) is 9.90 Å². The minimum absolute atomic E-state index is 0.128. The molecule has 176 valence electrons. The number of aromatic amines is 1. The van der Waals surface area contributed by atoms with Gasteiger partial charge in [0.05, 0.1) is 18.2 Å². The third-order valence-electron chi connectivity index (χ3n) is 5.86. The van der Waals surface area contributed by atoms with Gasteiger partial charge in [-0.3, -0.25) is 4.79 Å². The molecule has 0 aliphatic rings. The predicted molar refractivity (Wildman–Crippen MR) is 133 cm³/mol. The van der Waals surface area contributed by atoms with Gasteiger partial charge in [0.15, 0.2) is 0 Å². The van der Waals surface area contributed by atoms with Crippen molar-refractivity contribution in [2.24, 2.45) is 0 Å². The number of fused-ring (bicyclic) bond motifs is 1. The highest BCUT2D eigenvalue weighted by Gasteiger charge is 2.18. The number of aliphatic hydroxyl groups excluding tert-OH is 1. The maximum atomic E-state index is 12.3. The third kappa shape index (κ3) is 4.46. The van der Waals surface area contributed by atoms with Gasteiger partial charge in [0.1, 0.15) is 5.82 Å². The van der Waals surface area contributed by atoms with E-state index in [1.165, 1.54) is 6.39 Å². The summed E-state index contributed by atoms with van der Waals surface area (Å²) in [6.45, 7) is 3.68. The number of pyridine rings is 1. The number of benzene rings is 2. The fourth-order valence-corrected chi connectivity index (χ4v) is 3.88. The Morgan fingerprint density at radius 3 is 2.69 bits per heavy atom. The lowest BCUT2D eigenvalue weighted by atomic mass is 10.1. The van der Waals surface area contributed by atoms with Crippen LogP contribution in [0, 0.1) is 13.8 Å². The highest BCUT2D eigenvalue weighted by atomic mass is 16.4. The Kier molecular flexibility index (Phi) is 5.94. The van der Waals surface area contributed by atoms with Crippen molar-refractivity contribution in [3.63, 3.8) is 0 Å². The topological polar surface area (TPSA) is 142 Å². The van der Waals surface area contributed by atoms with E-state index in [0.29, 0.717) is 22.7 Å². The highest BCUT2D eigenvalue weighted by Crippen LogP contribution is 2.29. The first-order chi connectivity index (χ1) is 17.0. The van der Waals surface area contributed by atoms with E-state index in [1.807, 2.05) is 50.2 Å². The summed E-state index contributed by atoms with van der Waals surface area (Å²) in [5, 5.41) is 25.7. The van der Waals surface area contributed by atoms with Gasteiger partial charge in [-0.05, 0) is 48.6 Å². The molecule has 0 amide bonds. The first-order valence-corrected chi connectivity index (χ1v) is 11.0. The van der Waals surface area contributed by atoms with Crippen molar-refractivity contribution < 1.29 is 9.52 Å². The van der Waals surface area contributed by atoms with Crippen LogP contribution in [0.25, 0.3) is 22.2 Å². The largest absolute Gasteiger partial charge is 0.423 e. The Morgan fingerprint density at radius 1 is 1.11 bits per heavy atom. The number of aryl methyl sites for hydroxylation is 2. The van der Waals surface area contributed by atoms with E-state index in [4.69, 9.17) is 4.42 Å². The number of nitrogens with one attached hydrogen (secondary N) is 3. The summed E-state index contributed by atoms with van der Waals surface area (Å²) < 4.78 is 5.37. The van der Waals surface area contributed by atoms with Crippen molar-refractivity contribution in [1.82, 2.24) is 25.1 Å². The number of anilines is 3. The molecule has 5 rings (SSSR count). The molecule has 0 saturated heterocycles. The van der Waals surface area contributed by atoms with Crippen LogP contribution in [0.5, 0.6) is 0 Å². The van der Waals surface area contributed by atoms with Gasteiger partial charge in [0.2, 0.25) is 12.3 Å². The minimum atomic E-state index is -0.418. The third-order valence-corrected chi connectivity index (χ3v) is 5.86. The van der Waals surface area contributed by atoms with Gasteiger partial charge in [-0.25, -0.2) is 4.98 Å². The van der Waals surface area contributed by atoms with Crippen LogP contribution < -0.4 is 16.2 Å². The molecule has 4 N–H and O–H groups in total. The Labute approximate surface area is 200 Å². The van der Waals surface area contributed by atoms with E-state index in [0.717, 1.165) is 27.9 Å². The summed E-state index contributed by atoms with van der Waals surface area (Å²) in [6.07, 6.45) is 2.80. The number of hydrogen-bond acceptors (Lipinski definition) is 9. The lowest BCUT2D eigenvalue weighted by Gasteiger charge is -2.19. The molecule has 5 aromatic rings. The molecule has 0 unspecified atom stereocenters. The molecule has 3 heterocycles. The molecule has 0 fully saturated rings. The van der Waals surface area contributed by atoms with Crippen LogP contribution in [0.2, 0.25) is 0 Å². The number of aliphatic hydroxyl groups is 1. The normalized spacial score (nSPS) is 12.0. The number of hydrogen-bond donors (Lipinski definition) is 4. The second-order valence-corrected chi connectivity index (χ2v) is 8.08. The second kappa shape index (κ2) is 9.35. The molecule has 0 spiro atoms. The molecule has 0 radical (unpaired) electrons. The molecular formula is C25H23N7O3. The molecular weight excluding hydrogens is 446 g/mol. The van der Waals surface area contributed by atoms with Crippen LogP contribution in [0.4, 0.5) is 17.5 Å². The van der Waals surface area contributed by atoms with Crippen LogP contribution in [-0.2, 0) is 0 Å². The van der Waals surface area contributed by atoms with Gasteiger partial charge in [-0.1, -0.05) is 30.3 Å². The summed E-state index contributed by atoms with van der Waals surface area (Å²) in [5.74, 6) is 0.984. The first kappa shape index (κ1) is 22.2. The van der Waals surface area contributed by atoms with E-state index < -0.39 is 6.04 Å². The molecule has 3 aromatic heterocycles. The fraction of sp³-hybridized carbons (Fsp3) is 0.160. The van der Waals surface area contributed by atoms with Gasteiger partial charge in [-0.2, -0.15) is 4.98 Å². The fourth-order valence-electron chi connectivity index (χ4n) is 3.88. The molecule has 0 bridgehead atoms. The van der Waals surface area contributed by atoms with Gasteiger partial charge < -0.3 is 25.1 Å². The number of H-pyrrole nitrogens is 1. The molecule has 1 atom stereocenters. The van der Waals surface area contributed by atoms with E-state index in [-0.39, 0.29) is 18.1 Å².